The van der Waals surface area contributed by atoms with Crippen LogP contribution in [-0.2, 0) is 0 Å². The highest BCUT2D eigenvalue weighted by molar-refractivity contribution is 5.25. The zero-order valence-corrected chi connectivity index (χ0v) is 17.3. The lowest BCUT2D eigenvalue weighted by molar-refractivity contribution is -0.0510. The lowest BCUT2D eigenvalue weighted by atomic mass is 9.47. The lowest BCUT2D eigenvalue weighted by Crippen LogP contribution is -2.51. The lowest BCUT2D eigenvalue weighted by Gasteiger charge is -2.58. The first-order chi connectivity index (χ1) is 12.4. The highest BCUT2D eigenvalue weighted by Gasteiger charge is 2.58. The first-order valence-electron chi connectivity index (χ1n) is 11.5. The summed E-state index contributed by atoms with van der Waals surface area (Å²) in [6.07, 6.45) is 15.6. The second-order valence-corrected chi connectivity index (χ2v) is 10.8. The van der Waals surface area contributed by atoms with E-state index in [2.05, 4.69) is 26.8 Å². The van der Waals surface area contributed by atoms with Crippen molar-refractivity contribution in [3.63, 3.8) is 0 Å². The zero-order valence-electron chi connectivity index (χ0n) is 17.3. The van der Waals surface area contributed by atoms with Crippen molar-refractivity contribution in [1.29, 1.82) is 0 Å². The molecule has 0 radical (unpaired) electrons. The monoisotopic (exact) mass is 359 g/mol. The fourth-order valence-corrected chi connectivity index (χ4v) is 8.28. The van der Waals surface area contributed by atoms with E-state index in [0.29, 0.717) is 23.5 Å². The van der Waals surface area contributed by atoms with Crippen LogP contribution in [0.3, 0.4) is 0 Å². The molecule has 0 aliphatic heterocycles. The molecule has 0 amide bonds. The highest BCUT2D eigenvalue weighted by atomic mass is 16.2. The molecule has 3 saturated carbocycles. The molecule has 2 nitrogen and oxygen atoms in total. The van der Waals surface area contributed by atoms with Crippen LogP contribution in [0.1, 0.15) is 85.0 Å². The standard InChI is InChI=1S/C24H41NO/c1-16(5-4-14-26)20-8-9-21-19-7-6-17-15-18(25)10-12-23(17,2)22(19)11-13-24(20,21)3/h6,16,18-22,26H,4-5,7-15,25H2,1-3H3/t16-,18?,19+,20-,21+,22+,23+,24-/m1/s1. The van der Waals surface area contributed by atoms with E-state index in [-0.39, 0.29) is 0 Å². The summed E-state index contributed by atoms with van der Waals surface area (Å²) in [5.74, 6) is 4.38. The number of aliphatic hydroxyl groups is 1. The molecule has 0 aromatic heterocycles. The first-order valence-corrected chi connectivity index (χ1v) is 11.5. The summed E-state index contributed by atoms with van der Waals surface area (Å²) in [5.41, 5.74) is 9.01. The molecule has 3 fully saturated rings. The number of fused-ring (bicyclic) bond motifs is 5. The van der Waals surface area contributed by atoms with Gasteiger partial charge in [-0.3, -0.25) is 0 Å². The Morgan fingerprint density at radius 3 is 2.73 bits per heavy atom. The summed E-state index contributed by atoms with van der Waals surface area (Å²) in [6.45, 7) is 8.04. The van der Waals surface area contributed by atoms with Crippen LogP contribution in [0.25, 0.3) is 0 Å². The van der Waals surface area contributed by atoms with Gasteiger partial charge in [-0.25, -0.2) is 0 Å². The molecule has 0 saturated heterocycles. The maximum Gasteiger partial charge on any atom is 0.0431 e. The van der Waals surface area contributed by atoms with Crippen LogP contribution >= 0.6 is 0 Å². The normalized spacial score (nSPS) is 49.0. The molecule has 4 aliphatic carbocycles. The summed E-state index contributed by atoms with van der Waals surface area (Å²) in [6, 6.07) is 0.406. The van der Waals surface area contributed by atoms with E-state index in [1.165, 1.54) is 51.4 Å². The van der Waals surface area contributed by atoms with Crippen molar-refractivity contribution in [2.45, 2.75) is 91.0 Å². The topological polar surface area (TPSA) is 46.2 Å². The Kier molecular flexibility index (Phi) is 5.06. The third kappa shape index (κ3) is 2.82. The third-order valence-corrected chi connectivity index (χ3v) is 9.72. The number of allylic oxidation sites excluding steroid dienone is 1. The van der Waals surface area contributed by atoms with E-state index >= 15 is 0 Å². The van der Waals surface area contributed by atoms with Gasteiger partial charge >= 0.3 is 0 Å². The van der Waals surface area contributed by atoms with Crippen molar-refractivity contribution in [2.75, 3.05) is 6.61 Å². The van der Waals surface area contributed by atoms with Gasteiger partial charge in [0.25, 0.3) is 0 Å². The van der Waals surface area contributed by atoms with Gasteiger partial charge in [0.15, 0.2) is 0 Å². The Bertz CT molecular complexity index is 556. The van der Waals surface area contributed by atoms with Crippen LogP contribution in [-0.4, -0.2) is 17.8 Å². The van der Waals surface area contributed by atoms with Gasteiger partial charge in [0, 0.05) is 12.6 Å². The van der Waals surface area contributed by atoms with Gasteiger partial charge in [0.2, 0.25) is 0 Å². The molecule has 148 valence electrons. The molecule has 0 spiro atoms. The summed E-state index contributed by atoms with van der Waals surface area (Å²) in [4.78, 5) is 0. The SMILES string of the molecule is C[C@H](CCCO)[C@H]1CC[C@H]2[C@@H]3CC=C4CC(N)CC[C@]4(C)[C@H]3CC[C@]12C. The van der Waals surface area contributed by atoms with Gasteiger partial charge in [-0.05, 0) is 105 Å². The molecular formula is C24H41NO. The van der Waals surface area contributed by atoms with Crippen LogP contribution in [0.5, 0.6) is 0 Å². The van der Waals surface area contributed by atoms with Crippen molar-refractivity contribution in [2.24, 2.45) is 46.2 Å². The van der Waals surface area contributed by atoms with Crippen molar-refractivity contribution in [1.82, 2.24) is 0 Å². The minimum absolute atomic E-state index is 0.357. The van der Waals surface area contributed by atoms with Crippen LogP contribution < -0.4 is 5.73 Å². The molecule has 0 aromatic carbocycles. The Labute approximate surface area is 161 Å². The summed E-state index contributed by atoms with van der Waals surface area (Å²) in [5, 5.41) is 9.25. The third-order valence-electron chi connectivity index (χ3n) is 9.72. The number of hydrogen-bond donors (Lipinski definition) is 2. The molecule has 4 rings (SSSR count). The molecule has 0 aromatic rings. The van der Waals surface area contributed by atoms with E-state index in [1.807, 2.05) is 0 Å². The Morgan fingerprint density at radius 2 is 1.96 bits per heavy atom. The maximum atomic E-state index is 9.25. The van der Waals surface area contributed by atoms with Gasteiger partial charge in [0.1, 0.15) is 0 Å². The molecule has 4 aliphatic rings. The van der Waals surface area contributed by atoms with Crippen molar-refractivity contribution in [3.05, 3.63) is 11.6 Å². The van der Waals surface area contributed by atoms with Crippen molar-refractivity contribution in [3.8, 4) is 0 Å². The minimum Gasteiger partial charge on any atom is -0.396 e. The molecule has 3 N–H and O–H groups in total. The number of aliphatic hydroxyl groups excluding tert-OH is 1. The van der Waals surface area contributed by atoms with E-state index in [1.54, 1.807) is 5.57 Å². The van der Waals surface area contributed by atoms with Gasteiger partial charge < -0.3 is 10.8 Å². The zero-order chi connectivity index (χ0) is 18.5. The van der Waals surface area contributed by atoms with Crippen LogP contribution in [0, 0.1) is 40.4 Å². The van der Waals surface area contributed by atoms with E-state index in [4.69, 9.17) is 5.73 Å². The molecule has 26 heavy (non-hydrogen) atoms. The molecule has 2 heteroatoms. The number of rotatable bonds is 4. The smallest absolute Gasteiger partial charge is 0.0431 e. The van der Waals surface area contributed by atoms with Crippen molar-refractivity contribution < 1.29 is 5.11 Å². The predicted molar refractivity (Wildman–Crippen MR) is 109 cm³/mol. The molecule has 8 atom stereocenters. The summed E-state index contributed by atoms with van der Waals surface area (Å²) in [7, 11) is 0. The molecular weight excluding hydrogens is 318 g/mol. The van der Waals surface area contributed by atoms with Crippen LogP contribution in [0.4, 0.5) is 0 Å². The fourth-order valence-electron chi connectivity index (χ4n) is 8.28. The van der Waals surface area contributed by atoms with Gasteiger partial charge in [-0.1, -0.05) is 32.4 Å². The predicted octanol–water partition coefficient (Wildman–Crippen LogP) is 5.30. The number of nitrogens with two attached hydrogens (primary N) is 1. The van der Waals surface area contributed by atoms with Gasteiger partial charge in [0.05, 0.1) is 0 Å². The molecule has 0 bridgehead atoms. The van der Waals surface area contributed by atoms with E-state index < -0.39 is 0 Å². The quantitative estimate of drug-likeness (QED) is 0.669. The van der Waals surface area contributed by atoms with Crippen LogP contribution in [0.15, 0.2) is 11.6 Å². The van der Waals surface area contributed by atoms with E-state index in [9.17, 15) is 5.11 Å². The molecule has 0 heterocycles. The highest BCUT2D eigenvalue weighted by Crippen LogP contribution is 2.67. The van der Waals surface area contributed by atoms with E-state index in [0.717, 1.165) is 42.4 Å². The first kappa shape index (κ1) is 19.0. The fraction of sp³-hybridized carbons (Fsp3) is 0.917. The summed E-state index contributed by atoms with van der Waals surface area (Å²) >= 11 is 0. The minimum atomic E-state index is 0.357. The van der Waals surface area contributed by atoms with Gasteiger partial charge in [-0.2, -0.15) is 0 Å². The Balaban J connectivity index is 1.56. The van der Waals surface area contributed by atoms with Crippen LogP contribution in [0.2, 0.25) is 0 Å². The summed E-state index contributed by atoms with van der Waals surface area (Å²) < 4.78 is 0. The van der Waals surface area contributed by atoms with Gasteiger partial charge in [-0.15, -0.1) is 0 Å². The maximum absolute atomic E-state index is 9.25. The Morgan fingerprint density at radius 1 is 1.15 bits per heavy atom. The second-order valence-electron chi connectivity index (χ2n) is 10.8. The van der Waals surface area contributed by atoms with Crippen molar-refractivity contribution >= 4 is 0 Å². The Hall–Kier alpha value is -0.340. The number of hydrogen-bond acceptors (Lipinski definition) is 2. The molecule has 1 unspecified atom stereocenters. The average Bonchev–Trinajstić information content (AvgIpc) is 2.97. The largest absolute Gasteiger partial charge is 0.396 e. The second kappa shape index (κ2) is 6.92. The average molecular weight is 360 g/mol.